The van der Waals surface area contributed by atoms with Gasteiger partial charge in [0.2, 0.25) is 0 Å². The smallest absolute Gasteiger partial charge is 0.313 e. The van der Waals surface area contributed by atoms with Crippen molar-refractivity contribution in [1.29, 1.82) is 0 Å². The van der Waals surface area contributed by atoms with E-state index in [1.54, 1.807) is 0 Å². The van der Waals surface area contributed by atoms with E-state index in [0.29, 0.717) is 11.6 Å². The van der Waals surface area contributed by atoms with Gasteiger partial charge in [0.05, 0.1) is 12.5 Å². The third-order valence-corrected chi connectivity index (χ3v) is 4.10. The van der Waals surface area contributed by atoms with Crippen LogP contribution in [0.1, 0.15) is 23.6 Å². The van der Waals surface area contributed by atoms with Crippen LogP contribution in [0.25, 0.3) is 0 Å². The highest BCUT2D eigenvalue weighted by Gasteiger charge is 2.42. The van der Waals surface area contributed by atoms with Crippen molar-refractivity contribution in [1.82, 2.24) is 20.1 Å². The SMILES string of the molecule is Fc1ccc(CNCc2nnc3n2C[C@@H](C(F)(F)F)CC3)c(F)c1. The van der Waals surface area contributed by atoms with Crippen LogP contribution in [0.4, 0.5) is 22.0 Å². The maximum absolute atomic E-state index is 13.5. The summed E-state index contributed by atoms with van der Waals surface area (Å²) in [6.45, 7) is 0.0547. The zero-order valence-electron chi connectivity index (χ0n) is 12.6. The lowest BCUT2D eigenvalue weighted by Crippen LogP contribution is -2.33. The number of nitrogens with zero attached hydrogens (tertiary/aromatic N) is 3. The molecule has 3 rings (SSSR count). The van der Waals surface area contributed by atoms with Gasteiger partial charge < -0.3 is 9.88 Å². The van der Waals surface area contributed by atoms with Crippen molar-refractivity contribution in [2.24, 2.45) is 5.92 Å². The van der Waals surface area contributed by atoms with Crippen LogP contribution in [0.15, 0.2) is 18.2 Å². The van der Waals surface area contributed by atoms with Gasteiger partial charge in [0.25, 0.3) is 0 Å². The van der Waals surface area contributed by atoms with Crippen LogP contribution in [-0.2, 0) is 26.1 Å². The molecule has 1 aliphatic heterocycles. The molecule has 1 atom stereocenters. The summed E-state index contributed by atoms with van der Waals surface area (Å²) in [5.74, 6) is -1.85. The summed E-state index contributed by atoms with van der Waals surface area (Å²) in [6, 6.07) is 3.24. The summed E-state index contributed by atoms with van der Waals surface area (Å²) in [5, 5.41) is 10.7. The molecule has 0 unspecified atom stereocenters. The van der Waals surface area contributed by atoms with Crippen LogP contribution < -0.4 is 5.32 Å². The Morgan fingerprint density at radius 1 is 1.17 bits per heavy atom. The van der Waals surface area contributed by atoms with Crippen LogP contribution >= 0.6 is 0 Å². The molecule has 0 saturated carbocycles. The van der Waals surface area contributed by atoms with Gasteiger partial charge in [-0.1, -0.05) is 6.07 Å². The minimum Gasteiger partial charge on any atom is -0.313 e. The fourth-order valence-electron chi connectivity index (χ4n) is 2.76. The molecule has 1 aliphatic rings. The van der Waals surface area contributed by atoms with Crippen LogP contribution in [0.5, 0.6) is 0 Å². The van der Waals surface area contributed by atoms with Crippen molar-refractivity contribution in [3.05, 3.63) is 47.0 Å². The second-order valence-electron chi connectivity index (χ2n) is 5.76. The Balaban J connectivity index is 1.64. The monoisotopic (exact) mass is 346 g/mol. The quantitative estimate of drug-likeness (QED) is 0.866. The molecule has 0 bridgehead atoms. The van der Waals surface area contributed by atoms with E-state index in [2.05, 4.69) is 15.5 Å². The van der Waals surface area contributed by atoms with Crippen molar-refractivity contribution in [2.45, 2.75) is 38.7 Å². The first-order chi connectivity index (χ1) is 11.3. The minimum atomic E-state index is -4.25. The predicted octanol–water partition coefficient (Wildman–Crippen LogP) is 2.97. The lowest BCUT2D eigenvalue weighted by atomic mass is 9.99. The number of alkyl halides is 3. The summed E-state index contributed by atoms with van der Waals surface area (Å²) in [4.78, 5) is 0. The van der Waals surface area contributed by atoms with Crippen LogP contribution in [-0.4, -0.2) is 20.9 Å². The van der Waals surface area contributed by atoms with Crippen molar-refractivity contribution < 1.29 is 22.0 Å². The molecular weight excluding hydrogens is 331 g/mol. The highest BCUT2D eigenvalue weighted by atomic mass is 19.4. The molecular formula is C15H15F5N4. The molecule has 0 saturated heterocycles. The number of hydrogen-bond acceptors (Lipinski definition) is 3. The molecule has 2 aromatic rings. The molecule has 1 aromatic carbocycles. The summed E-state index contributed by atoms with van der Waals surface area (Å²) >= 11 is 0. The Kier molecular flexibility index (Phi) is 4.53. The van der Waals surface area contributed by atoms with Gasteiger partial charge >= 0.3 is 6.18 Å². The van der Waals surface area contributed by atoms with Crippen molar-refractivity contribution in [3.63, 3.8) is 0 Å². The summed E-state index contributed by atoms with van der Waals surface area (Å²) in [6.07, 6.45) is -4.01. The van der Waals surface area contributed by atoms with E-state index in [0.717, 1.165) is 12.1 Å². The van der Waals surface area contributed by atoms with E-state index in [-0.39, 0.29) is 38.0 Å². The number of halogens is 5. The summed E-state index contributed by atoms with van der Waals surface area (Å²) in [7, 11) is 0. The van der Waals surface area contributed by atoms with Crippen LogP contribution in [0, 0.1) is 17.6 Å². The van der Waals surface area contributed by atoms with E-state index in [1.165, 1.54) is 10.6 Å². The van der Waals surface area contributed by atoms with Gasteiger partial charge in [-0.25, -0.2) is 8.78 Å². The molecule has 24 heavy (non-hydrogen) atoms. The average molecular weight is 346 g/mol. The Hall–Kier alpha value is -2.03. The molecule has 1 aromatic heterocycles. The Morgan fingerprint density at radius 2 is 1.96 bits per heavy atom. The molecule has 0 radical (unpaired) electrons. The van der Waals surface area contributed by atoms with Crippen LogP contribution in [0.2, 0.25) is 0 Å². The van der Waals surface area contributed by atoms with E-state index < -0.39 is 23.7 Å². The standard InChI is InChI=1S/C15H15F5N4/c16-11-3-1-9(12(17)5-11)6-21-7-14-23-22-13-4-2-10(8-24(13)14)15(18,19)20/h1,3,5,10,21H,2,4,6-8H2/t10-/m0/s1. The number of fused-ring (bicyclic) bond motifs is 1. The second-order valence-corrected chi connectivity index (χ2v) is 5.76. The van der Waals surface area contributed by atoms with Gasteiger partial charge in [-0.2, -0.15) is 13.2 Å². The maximum atomic E-state index is 13.5. The molecule has 1 N–H and O–H groups in total. The number of aryl methyl sites for hydroxylation is 1. The highest BCUT2D eigenvalue weighted by Crippen LogP contribution is 2.34. The fraction of sp³-hybridized carbons (Fsp3) is 0.467. The first-order valence-corrected chi connectivity index (χ1v) is 7.47. The lowest BCUT2D eigenvalue weighted by molar-refractivity contribution is -0.182. The van der Waals surface area contributed by atoms with E-state index in [9.17, 15) is 22.0 Å². The number of benzene rings is 1. The summed E-state index contributed by atoms with van der Waals surface area (Å²) < 4.78 is 66.5. The predicted molar refractivity (Wildman–Crippen MR) is 74.8 cm³/mol. The summed E-state index contributed by atoms with van der Waals surface area (Å²) in [5.41, 5.74) is 0.267. The molecule has 0 aliphatic carbocycles. The van der Waals surface area contributed by atoms with Crippen molar-refractivity contribution in [2.75, 3.05) is 0 Å². The molecule has 0 spiro atoms. The number of aromatic nitrogens is 3. The molecule has 4 nitrogen and oxygen atoms in total. The Labute approximate surface area is 134 Å². The molecule has 2 heterocycles. The minimum absolute atomic E-state index is 0.00977. The Morgan fingerprint density at radius 3 is 2.67 bits per heavy atom. The van der Waals surface area contributed by atoms with Gasteiger partial charge in [0, 0.05) is 31.1 Å². The first kappa shape index (κ1) is 16.8. The third-order valence-electron chi connectivity index (χ3n) is 4.10. The number of rotatable bonds is 4. The van der Waals surface area contributed by atoms with Crippen molar-refractivity contribution >= 4 is 0 Å². The molecule has 0 fully saturated rings. The zero-order valence-corrected chi connectivity index (χ0v) is 12.6. The third kappa shape index (κ3) is 3.55. The normalized spacial score (nSPS) is 17.8. The van der Waals surface area contributed by atoms with E-state index in [1.807, 2.05) is 0 Å². The van der Waals surface area contributed by atoms with Gasteiger partial charge in [-0.3, -0.25) is 0 Å². The second kappa shape index (κ2) is 6.46. The lowest BCUT2D eigenvalue weighted by Gasteiger charge is -2.26. The van der Waals surface area contributed by atoms with E-state index in [4.69, 9.17) is 0 Å². The largest absolute Gasteiger partial charge is 0.393 e. The zero-order chi connectivity index (χ0) is 17.3. The van der Waals surface area contributed by atoms with E-state index >= 15 is 0 Å². The maximum Gasteiger partial charge on any atom is 0.393 e. The molecule has 0 amide bonds. The molecule has 9 heteroatoms. The highest BCUT2D eigenvalue weighted by molar-refractivity contribution is 5.18. The van der Waals surface area contributed by atoms with Crippen LogP contribution in [0.3, 0.4) is 0 Å². The average Bonchev–Trinajstić information content (AvgIpc) is 2.91. The van der Waals surface area contributed by atoms with Gasteiger partial charge in [0.1, 0.15) is 23.3 Å². The van der Waals surface area contributed by atoms with Gasteiger partial charge in [-0.05, 0) is 12.5 Å². The molecule has 130 valence electrons. The first-order valence-electron chi connectivity index (χ1n) is 7.47. The topological polar surface area (TPSA) is 42.7 Å². The number of hydrogen-bond donors (Lipinski definition) is 1. The van der Waals surface area contributed by atoms with Gasteiger partial charge in [-0.15, -0.1) is 10.2 Å². The van der Waals surface area contributed by atoms with Crippen molar-refractivity contribution in [3.8, 4) is 0 Å². The fourth-order valence-corrected chi connectivity index (χ4v) is 2.76. The van der Waals surface area contributed by atoms with Gasteiger partial charge in [0.15, 0.2) is 0 Å². The number of nitrogens with one attached hydrogen (secondary N) is 1. The Bertz CT molecular complexity index is 725.